The molecular formula is C15H25N3O3. The van der Waals surface area contributed by atoms with E-state index < -0.39 is 4.92 Å². The molecule has 0 heterocycles. The summed E-state index contributed by atoms with van der Waals surface area (Å²) in [6.07, 6.45) is 4.67. The maximum absolute atomic E-state index is 10.9. The number of rotatable bonds is 10. The fourth-order valence-corrected chi connectivity index (χ4v) is 2.18. The number of anilines is 1. The molecule has 6 nitrogen and oxygen atoms in total. The van der Waals surface area contributed by atoms with E-state index >= 15 is 0 Å². The molecule has 1 atom stereocenters. The highest BCUT2D eigenvalue weighted by molar-refractivity contribution is 5.61. The summed E-state index contributed by atoms with van der Waals surface area (Å²) in [6.45, 7) is 5.42. The molecule has 0 aromatic heterocycles. The molecule has 0 aliphatic carbocycles. The van der Waals surface area contributed by atoms with Crippen molar-refractivity contribution in [2.24, 2.45) is 11.8 Å². The van der Waals surface area contributed by atoms with Gasteiger partial charge in [0.1, 0.15) is 5.69 Å². The van der Waals surface area contributed by atoms with E-state index in [1.165, 1.54) is 25.3 Å². The lowest BCUT2D eigenvalue weighted by atomic mass is 10.0. The lowest BCUT2D eigenvalue weighted by Gasteiger charge is -2.14. The molecule has 6 heteroatoms. The number of hydrazine groups is 1. The molecule has 1 rings (SSSR count). The normalized spacial score (nSPS) is 12.1. The molecule has 0 amide bonds. The second-order valence-electron chi connectivity index (χ2n) is 5.18. The number of hydrogen-bond acceptors (Lipinski definition) is 5. The molecular weight excluding hydrogens is 270 g/mol. The van der Waals surface area contributed by atoms with E-state index in [9.17, 15) is 10.1 Å². The Bertz CT molecular complexity index is 452. The van der Waals surface area contributed by atoms with Crippen LogP contribution in [0.1, 0.15) is 45.1 Å². The standard InChI is InChI=1S/C15H25N3O3/c1-3-5-6-12(4-2)10-21-11-13-7-8-14(17-16)15(9-13)18(19)20/h7-9,12,17H,3-6,10-11,16H2,1-2H3. The molecule has 118 valence electrons. The SMILES string of the molecule is CCCCC(CC)COCc1ccc(NN)c([N+](=O)[O-])c1. The number of unbranched alkanes of at least 4 members (excludes halogenated alkanes) is 1. The molecule has 1 aromatic rings. The summed E-state index contributed by atoms with van der Waals surface area (Å²) in [7, 11) is 0. The van der Waals surface area contributed by atoms with Gasteiger partial charge in [-0.2, -0.15) is 0 Å². The van der Waals surface area contributed by atoms with Gasteiger partial charge in [-0.1, -0.05) is 39.2 Å². The maximum Gasteiger partial charge on any atom is 0.294 e. The molecule has 0 saturated heterocycles. The van der Waals surface area contributed by atoms with Crippen molar-refractivity contribution in [2.45, 2.75) is 46.1 Å². The molecule has 0 spiro atoms. The van der Waals surface area contributed by atoms with Crippen LogP contribution in [-0.2, 0) is 11.3 Å². The smallest absolute Gasteiger partial charge is 0.294 e. The van der Waals surface area contributed by atoms with Crippen LogP contribution in [0.15, 0.2) is 18.2 Å². The number of nitrogens with two attached hydrogens (primary N) is 1. The van der Waals surface area contributed by atoms with E-state index in [2.05, 4.69) is 19.3 Å². The number of nitro benzene ring substituents is 1. The summed E-state index contributed by atoms with van der Waals surface area (Å²) in [4.78, 5) is 10.5. The van der Waals surface area contributed by atoms with E-state index in [4.69, 9.17) is 10.6 Å². The summed E-state index contributed by atoms with van der Waals surface area (Å²) in [5.41, 5.74) is 3.38. The molecule has 3 N–H and O–H groups in total. The molecule has 0 bridgehead atoms. The predicted octanol–water partition coefficient (Wildman–Crippen LogP) is 3.61. The van der Waals surface area contributed by atoms with Crippen LogP contribution < -0.4 is 11.3 Å². The predicted molar refractivity (Wildman–Crippen MR) is 83.9 cm³/mol. The largest absolute Gasteiger partial charge is 0.376 e. The van der Waals surface area contributed by atoms with Crippen LogP contribution in [0.4, 0.5) is 11.4 Å². The van der Waals surface area contributed by atoms with Gasteiger partial charge in [-0.3, -0.25) is 16.0 Å². The first-order valence-electron chi connectivity index (χ1n) is 7.44. The Morgan fingerprint density at radius 3 is 2.76 bits per heavy atom. The Morgan fingerprint density at radius 1 is 1.43 bits per heavy atom. The highest BCUT2D eigenvalue weighted by Crippen LogP contribution is 2.25. The zero-order chi connectivity index (χ0) is 15.7. The zero-order valence-corrected chi connectivity index (χ0v) is 12.8. The van der Waals surface area contributed by atoms with Crippen molar-refractivity contribution in [3.05, 3.63) is 33.9 Å². The number of hydrogen-bond donors (Lipinski definition) is 2. The third kappa shape index (κ3) is 5.69. The average molecular weight is 295 g/mol. The van der Waals surface area contributed by atoms with Crippen LogP contribution in [0.25, 0.3) is 0 Å². The second-order valence-corrected chi connectivity index (χ2v) is 5.18. The van der Waals surface area contributed by atoms with E-state index in [0.29, 0.717) is 24.8 Å². The van der Waals surface area contributed by atoms with E-state index in [1.54, 1.807) is 12.1 Å². The maximum atomic E-state index is 10.9. The van der Waals surface area contributed by atoms with Gasteiger partial charge < -0.3 is 10.2 Å². The molecule has 21 heavy (non-hydrogen) atoms. The molecule has 0 aliphatic heterocycles. The van der Waals surface area contributed by atoms with Gasteiger partial charge in [0.15, 0.2) is 0 Å². The fraction of sp³-hybridized carbons (Fsp3) is 0.600. The third-order valence-electron chi connectivity index (χ3n) is 3.58. The Hall–Kier alpha value is -1.66. The van der Waals surface area contributed by atoms with E-state index in [1.807, 2.05) is 0 Å². The Morgan fingerprint density at radius 2 is 2.19 bits per heavy atom. The molecule has 1 aromatic carbocycles. The molecule has 0 fully saturated rings. The molecule has 0 radical (unpaired) electrons. The summed E-state index contributed by atoms with van der Waals surface area (Å²) >= 11 is 0. The second kappa shape index (κ2) is 9.31. The minimum absolute atomic E-state index is 0.0309. The number of nitrogens with zero attached hydrogens (tertiary/aromatic N) is 1. The lowest BCUT2D eigenvalue weighted by molar-refractivity contribution is -0.384. The highest BCUT2D eigenvalue weighted by atomic mass is 16.6. The number of ether oxygens (including phenoxy) is 1. The Kier molecular flexibility index (Phi) is 7.71. The first-order valence-corrected chi connectivity index (χ1v) is 7.44. The molecule has 0 aliphatic rings. The van der Waals surface area contributed by atoms with Crippen molar-refractivity contribution >= 4 is 11.4 Å². The number of nitro groups is 1. The number of benzene rings is 1. The van der Waals surface area contributed by atoms with Gasteiger partial charge in [0.2, 0.25) is 0 Å². The van der Waals surface area contributed by atoms with Crippen LogP contribution in [0, 0.1) is 16.0 Å². The van der Waals surface area contributed by atoms with Gasteiger partial charge in [0, 0.05) is 12.7 Å². The number of nitrogens with one attached hydrogen (secondary N) is 1. The Labute approximate surface area is 125 Å². The monoisotopic (exact) mass is 295 g/mol. The van der Waals surface area contributed by atoms with E-state index in [0.717, 1.165) is 12.0 Å². The van der Waals surface area contributed by atoms with Gasteiger partial charge in [0.25, 0.3) is 5.69 Å². The van der Waals surface area contributed by atoms with Gasteiger partial charge in [-0.15, -0.1) is 0 Å². The van der Waals surface area contributed by atoms with E-state index in [-0.39, 0.29) is 5.69 Å². The van der Waals surface area contributed by atoms with Crippen molar-refractivity contribution in [1.29, 1.82) is 0 Å². The first-order chi connectivity index (χ1) is 10.1. The van der Waals surface area contributed by atoms with Crippen LogP contribution in [0.3, 0.4) is 0 Å². The van der Waals surface area contributed by atoms with Gasteiger partial charge in [-0.05, 0) is 24.0 Å². The van der Waals surface area contributed by atoms with Crippen LogP contribution in [-0.4, -0.2) is 11.5 Å². The fourth-order valence-electron chi connectivity index (χ4n) is 2.18. The van der Waals surface area contributed by atoms with Crippen molar-refractivity contribution < 1.29 is 9.66 Å². The average Bonchev–Trinajstić information content (AvgIpc) is 2.50. The van der Waals surface area contributed by atoms with Crippen LogP contribution in [0.2, 0.25) is 0 Å². The number of nitrogen functional groups attached to an aromatic ring is 1. The molecule has 0 saturated carbocycles. The molecule has 1 unspecified atom stereocenters. The Balaban J connectivity index is 2.55. The summed E-state index contributed by atoms with van der Waals surface area (Å²) in [5.74, 6) is 5.82. The highest BCUT2D eigenvalue weighted by Gasteiger charge is 2.14. The first kappa shape index (κ1) is 17.4. The lowest BCUT2D eigenvalue weighted by Crippen LogP contribution is -2.10. The minimum atomic E-state index is -0.450. The summed E-state index contributed by atoms with van der Waals surface area (Å²) in [5, 5.41) is 10.9. The van der Waals surface area contributed by atoms with Crippen LogP contribution >= 0.6 is 0 Å². The minimum Gasteiger partial charge on any atom is -0.376 e. The van der Waals surface area contributed by atoms with Crippen molar-refractivity contribution in [3.8, 4) is 0 Å². The van der Waals surface area contributed by atoms with Crippen molar-refractivity contribution in [3.63, 3.8) is 0 Å². The zero-order valence-electron chi connectivity index (χ0n) is 12.8. The summed E-state index contributed by atoms with van der Waals surface area (Å²) in [6, 6.07) is 4.89. The van der Waals surface area contributed by atoms with Crippen LogP contribution in [0.5, 0.6) is 0 Å². The van der Waals surface area contributed by atoms with Gasteiger partial charge in [0.05, 0.1) is 11.5 Å². The summed E-state index contributed by atoms with van der Waals surface area (Å²) < 4.78 is 5.70. The van der Waals surface area contributed by atoms with Gasteiger partial charge in [-0.25, -0.2) is 0 Å². The quantitative estimate of drug-likeness (QED) is 0.391. The van der Waals surface area contributed by atoms with Crippen molar-refractivity contribution in [2.75, 3.05) is 12.0 Å². The topological polar surface area (TPSA) is 90.4 Å². The third-order valence-corrected chi connectivity index (χ3v) is 3.58. The van der Waals surface area contributed by atoms with Crippen molar-refractivity contribution in [1.82, 2.24) is 0 Å². The van der Waals surface area contributed by atoms with Gasteiger partial charge >= 0.3 is 0 Å².